The second-order valence-corrected chi connectivity index (χ2v) is 10.7. The molecule has 2 N–H and O–H groups in total. The van der Waals surface area contributed by atoms with Crippen molar-refractivity contribution in [2.24, 2.45) is 11.8 Å². The van der Waals surface area contributed by atoms with Crippen molar-refractivity contribution < 1.29 is 14.4 Å². The van der Waals surface area contributed by atoms with Crippen LogP contribution in [0.2, 0.25) is 0 Å². The Bertz CT molecular complexity index is 1080. The number of para-hydroxylation sites is 1. The maximum absolute atomic E-state index is 13.0. The van der Waals surface area contributed by atoms with Crippen molar-refractivity contribution in [3.8, 4) is 0 Å². The summed E-state index contributed by atoms with van der Waals surface area (Å²) >= 11 is 0. The molecular weight excluding hydrogens is 450 g/mol. The zero-order chi connectivity index (χ0) is 24.9. The average molecular weight is 488 g/mol. The molecule has 0 unspecified atom stereocenters. The van der Waals surface area contributed by atoms with E-state index in [-0.39, 0.29) is 29.7 Å². The molecule has 1 heterocycles. The predicted molar refractivity (Wildman–Crippen MR) is 142 cm³/mol. The Balaban J connectivity index is 1.07. The highest BCUT2D eigenvalue weighted by atomic mass is 16.2. The molecule has 2 aliphatic carbocycles. The standard InChI is InChI=1S/C30H37N3O3/c34-28(20-21-6-2-1-3-7-21)31-25-14-10-23(11-15-25)29(35)32-26-16-12-24(13-17-26)30(36)33-19-18-22-8-4-5-9-27(22)33/h4-5,8-9,12-13,16-17,21,23,25H,1-3,6-7,10-11,14-15,18-20H2,(H,31,34)(H,32,35). The van der Waals surface area contributed by atoms with Crippen LogP contribution in [-0.2, 0) is 16.0 Å². The summed E-state index contributed by atoms with van der Waals surface area (Å²) in [6.07, 6.45) is 11.0. The third-order valence-electron chi connectivity index (χ3n) is 8.19. The fourth-order valence-electron chi connectivity index (χ4n) is 6.09. The number of carbonyl (C=O) groups excluding carboxylic acids is 3. The van der Waals surface area contributed by atoms with Crippen LogP contribution in [0.15, 0.2) is 48.5 Å². The van der Waals surface area contributed by atoms with E-state index in [0.717, 1.165) is 37.8 Å². The maximum Gasteiger partial charge on any atom is 0.258 e. The summed E-state index contributed by atoms with van der Waals surface area (Å²) in [5.74, 6) is 0.700. The second-order valence-electron chi connectivity index (χ2n) is 10.7. The molecule has 2 fully saturated rings. The van der Waals surface area contributed by atoms with Gasteiger partial charge in [0.2, 0.25) is 11.8 Å². The van der Waals surface area contributed by atoms with Crippen molar-refractivity contribution in [2.75, 3.05) is 16.8 Å². The fraction of sp³-hybridized carbons (Fsp3) is 0.500. The maximum atomic E-state index is 13.0. The Morgan fingerprint density at radius 2 is 1.56 bits per heavy atom. The lowest BCUT2D eigenvalue weighted by atomic mass is 9.84. The van der Waals surface area contributed by atoms with E-state index in [2.05, 4.69) is 16.7 Å². The van der Waals surface area contributed by atoms with E-state index in [1.807, 2.05) is 35.2 Å². The van der Waals surface area contributed by atoms with Crippen molar-refractivity contribution in [1.29, 1.82) is 0 Å². The van der Waals surface area contributed by atoms with Gasteiger partial charge in [0.05, 0.1) is 0 Å². The lowest BCUT2D eigenvalue weighted by Crippen LogP contribution is -2.40. The van der Waals surface area contributed by atoms with Crippen LogP contribution in [0.5, 0.6) is 0 Å². The molecule has 0 bridgehead atoms. The molecule has 36 heavy (non-hydrogen) atoms. The smallest absolute Gasteiger partial charge is 0.258 e. The Morgan fingerprint density at radius 3 is 2.31 bits per heavy atom. The molecule has 2 saturated carbocycles. The summed E-state index contributed by atoms with van der Waals surface area (Å²) in [7, 11) is 0. The highest BCUT2D eigenvalue weighted by molar-refractivity contribution is 6.07. The summed E-state index contributed by atoms with van der Waals surface area (Å²) in [6.45, 7) is 0.695. The van der Waals surface area contributed by atoms with Crippen LogP contribution >= 0.6 is 0 Å². The largest absolute Gasteiger partial charge is 0.353 e. The van der Waals surface area contributed by atoms with Gasteiger partial charge < -0.3 is 15.5 Å². The summed E-state index contributed by atoms with van der Waals surface area (Å²) in [5, 5.41) is 6.24. The van der Waals surface area contributed by atoms with E-state index >= 15 is 0 Å². The molecule has 0 spiro atoms. The molecule has 0 aromatic heterocycles. The van der Waals surface area contributed by atoms with Crippen LogP contribution in [0.25, 0.3) is 0 Å². The lowest BCUT2D eigenvalue weighted by molar-refractivity contribution is -0.123. The van der Waals surface area contributed by atoms with E-state index < -0.39 is 0 Å². The van der Waals surface area contributed by atoms with Crippen LogP contribution in [0, 0.1) is 11.8 Å². The number of rotatable bonds is 6. The van der Waals surface area contributed by atoms with Crippen LogP contribution in [0.1, 0.15) is 80.1 Å². The van der Waals surface area contributed by atoms with Crippen LogP contribution in [0.3, 0.4) is 0 Å². The molecule has 0 atom stereocenters. The minimum atomic E-state index is -0.0427. The van der Waals surface area contributed by atoms with Gasteiger partial charge in [0.1, 0.15) is 0 Å². The molecule has 6 nitrogen and oxygen atoms in total. The number of nitrogens with one attached hydrogen (secondary N) is 2. The highest BCUT2D eigenvalue weighted by Gasteiger charge is 2.28. The number of anilines is 2. The highest BCUT2D eigenvalue weighted by Crippen LogP contribution is 2.30. The van der Waals surface area contributed by atoms with Gasteiger partial charge in [-0.2, -0.15) is 0 Å². The van der Waals surface area contributed by atoms with Gasteiger partial charge in [0, 0.05) is 41.9 Å². The number of hydrogen-bond acceptors (Lipinski definition) is 3. The molecule has 0 radical (unpaired) electrons. The van der Waals surface area contributed by atoms with Crippen molar-refractivity contribution >= 4 is 29.1 Å². The molecule has 190 valence electrons. The van der Waals surface area contributed by atoms with Gasteiger partial charge in [-0.25, -0.2) is 0 Å². The Hall–Kier alpha value is -3.15. The summed E-state index contributed by atoms with van der Waals surface area (Å²) in [6, 6.07) is 15.4. The summed E-state index contributed by atoms with van der Waals surface area (Å²) < 4.78 is 0. The molecule has 0 saturated heterocycles. The van der Waals surface area contributed by atoms with E-state index in [0.29, 0.717) is 30.1 Å². The number of benzene rings is 2. The number of hydrogen-bond donors (Lipinski definition) is 2. The third-order valence-corrected chi connectivity index (χ3v) is 8.19. The molecule has 2 aromatic carbocycles. The van der Waals surface area contributed by atoms with Crippen LogP contribution in [-0.4, -0.2) is 30.3 Å². The first kappa shape index (κ1) is 24.5. The molecule has 5 rings (SSSR count). The van der Waals surface area contributed by atoms with Crippen LogP contribution in [0.4, 0.5) is 11.4 Å². The quantitative estimate of drug-likeness (QED) is 0.567. The first-order chi connectivity index (χ1) is 17.6. The number of fused-ring (bicyclic) bond motifs is 1. The van der Waals surface area contributed by atoms with Gasteiger partial charge in [0.15, 0.2) is 0 Å². The lowest BCUT2D eigenvalue weighted by Gasteiger charge is -2.29. The second kappa shape index (κ2) is 11.3. The predicted octanol–water partition coefficient (Wildman–Crippen LogP) is 5.47. The Labute approximate surface area is 213 Å². The van der Waals surface area contributed by atoms with Crippen molar-refractivity contribution in [1.82, 2.24) is 5.32 Å². The van der Waals surface area contributed by atoms with Crippen LogP contribution < -0.4 is 15.5 Å². The molecule has 3 aliphatic rings. The first-order valence-electron chi connectivity index (χ1n) is 13.7. The van der Waals surface area contributed by atoms with E-state index in [1.165, 1.54) is 37.7 Å². The van der Waals surface area contributed by atoms with Gasteiger partial charge >= 0.3 is 0 Å². The Morgan fingerprint density at radius 1 is 0.833 bits per heavy atom. The number of carbonyl (C=O) groups is 3. The minimum absolute atomic E-state index is 0.0123. The minimum Gasteiger partial charge on any atom is -0.353 e. The SMILES string of the molecule is O=C(CC1CCCCC1)NC1CCC(C(=O)Nc2ccc(C(=O)N3CCc4ccccc43)cc2)CC1. The zero-order valence-electron chi connectivity index (χ0n) is 21.0. The first-order valence-corrected chi connectivity index (χ1v) is 13.7. The molecule has 6 heteroatoms. The molecule has 2 aromatic rings. The van der Waals surface area contributed by atoms with Crippen molar-refractivity contribution in [2.45, 2.75) is 76.7 Å². The van der Waals surface area contributed by atoms with Gasteiger partial charge in [-0.3, -0.25) is 14.4 Å². The van der Waals surface area contributed by atoms with E-state index in [4.69, 9.17) is 0 Å². The van der Waals surface area contributed by atoms with Gasteiger partial charge in [-0.1, -0.05) is 37.5 Å². The number of amides is 3. The van der Waals surface area contributed by atoms with E-state index in [9.17, 15) is 14.4 Å². The monoisotopic (exact) mass is 487 g/mol. The molecule has 3 amide bonds. The van der Waals surface area contributed by atoms with Crippen molar-refractivity contribution in [3.63, 3.8) is 0 Å². The topological polar surface area (TPSA) is 78.5 Å². The molecule has 1 aliphatic heterocycles. The Kier molecular flexibility index (Phi) is 7.69. The fourth-order valence-corrected chi connectivity index (χ4v) is 6.09. The third kappa shape index (κ3) is 5.80. The normalized spacial score (nSPS) is 22.1. The number of nitrogens with zero attached hydrogens (tertiary/aromatic N) is 1. The summed E-state index contributed by atoms with van der Waals surface area (Å²) in [5.41, 5.74) is 3.52. The zero-order valence-corrected chi connectivity index (χ0v) is 21.0. The van der Waals surface area contributed by atoms with Gasteiger partial charge in [-0.15, -0.1) is 0 Å². The average Bonchev–Trinajstić information content (AvgIpc) is 3.34. The van der Waals surface area contributed by atoms with Gasteiger partial charge in [0.25, 0.3) is 5.91 Å². The molecular formula is C30H37N3O3. The van der Waals surface area contributed by atoms with Gasteiger partial charge in [-0.05, 0) is 86.8 Å². The van der Waals surface area contributed by atoms with E-state index in [1.54, 1.807) is 12.1 Å². The van der Waals surface area contributed by atoms with Crippen molar-refractivity contribution in [3.05, 3.63) is 59.7 Å². The summed E-state index contributed by atoms with van der Waals surface area (Å²) in [4.78, 5) is 40.1.